The Morgan fingerprint density at radius 2 is 1.82 bits per heavy atom. The highest BCUT2D eigenvalue weighted by atomic mass is 16.2. The summed E-state index contributed by atoms with van der Waals surface area (Å²) in [7, 11) is 0. The smallest absolute Gasteiger partial charge is 0.234 e. The molecule has 1 amide bonds. The quantitative estimate of drug-likeness (QED) is 0.821. The first-order chi connectivity index (χ1) is 7.79. The molecule has 0 aromatic heterocycles. The van der Waals surface area contributed by atoms with Gasteiger partial charge >= 0.3 is 0 Å². The summed E-state index contributed by atoms with van der Waals surface area (Å²) in [6, 6.07) is 0.245. The number of carbonyl (C=O) groups is 1. The summed E-state index contributed by atoms with van der Waals surface area (Å²) in [5.41, 5.74) is 0.409. The van der Waals surface area contributed by atoms with Crippen molar-refractivity contribution in [2.75, 3.05) is 19.6 Å². The van der Waals surface area contributed by atoms with Crippen LogP contribution in [0.3, 0.4) is 0 Å². The number of piperidine rings is 1. The van der Waals surface area contributed by atoms with Gasteiger partial charge in [0, 0.05) is 6.04 Å². The molecule has 1 aliphatic rings. The van der Waals surface area contributed by atoms with Crippen LogP contribution in [0.2, 0.25) is 0 Å². The van der Waals surface area contributed by atoms with Gasteiger partial charge in [0.15, 0.2) is 0 Å². The summed E-state index contributed by atoms with van der Waals surface area (Å²) in [6.07, 6.45) is 2.44. The van der Waals surface area contributed by atoms with Gasteiger partial charge < -0.3 is 5.32 Å². The normalized spacial score (nSPS) is 19.6. The second-order valence-electron chi connectivity index (χ2n) is 6.64. The van der Waals surface area contributed by atoms with Crippen molar-refractivity contribution in [2.24, 2.45) is 11.3 Å². The van der Waals surface area contributed by atoms with E-state index in [0.29, 0.717) is 12.0 Å². The topological polar surface area (TPSA) is 32.3 Å². The summed E-state index contributed by atoms with van der Waals surface area (Å²) in [5, 5.41) is 2.95. The van der Waals surface area contributed by atoms with Gasteiger partial charge in [-0.2, -0.15) is 0 Å². The lowest BCUT2D eigenvalue weighted by Crippen LogP contribution is -2.44. The number of likely N-dealkylation sites (tertiary alicyclic amines) is 1. The molecule has 100 valence electrons. The number of rotatable bonds is 3. The van der Waals surface area contributed by atoms with E-state index < -0.39 is 0 Å². The van der Waals surface area contributed by atoms with Crippen molar-refractivity contribution in [3.05, 3.63) is 0 Å². The van der Waals surface area contributed by atoms with Crippen LogP contribution < -0.4 is 5.32 Å². The Balaban J connectivity index is 2.30. The van der Waals surface area contributed by atoms with Crippen molar-refractivity contribution >= 4 is 5.91 Å². The molecule has 0 unspecified atom stereocenters. The lowest BCUT2D eigenvalue weighted by atomic mass is 9.75. The Morgan fingerprint density at radius 3 is 2.24 bits per heavy atom. The first kappa shape index (κ1) is 14.5. The van der Waals surface area contributed by atoms with Gasteiger partial charge in [-0.1, -0.05) is 20.8 Å². The summed E-state index contributed by atoms with van der Waals surface area (Å²) in [5.74, 6) is 0.959. The summed E-state index contributed by atoms with van der Waals surface area (Å²) in [4.78, 5) is 13.9. The molecule has 0 atom stereocenters. The van der Waals surface area contributed by atoms with Crippen LogP contribution in [0.15, 0.2) is 0 Å². The monoisotopic (exact) mass is 240 g/mol. The van der Waals surface area contributed by atoms with Gasteiger partial charge in [0.1, 0.15) is 0 Å². The zero-order valence-electron chi connectivity index (χ0n) is 12.0. The first-order valence-electron chi connectivity index (χ1n) is 6.80. The van der Waals surface area contributed by atoms with E-state index in [1.54, 1.807) is 0 Å². The molecule has 1 heterocycles. The van der Waals surface area contributed by atoms with E-state index in [-0.39, 0.29) is 11.9 Å². The van der Waals surface area contributed by atoms with Gasteiger partial charge in [-0.3, -0.25) is 9.69 Å². The predicted octanol–water partition coefficient (Wildman–Crippen LogP) is 2.27. The molecule has 0 aromatic carbocycles. The van der Waals surface area contributed by atoms with Gasteiger partial charge in [0.25, 0.3) is 0 Å². The molecule has 0 radical (unpaired) electrons. The van der Waals surface area contributed by atoms with Crippen LogP contribution in [0.1, 0.15) is 47.5 Å². The molecule has 1 fully saturated rings. The number of hydrogen-bond donors (Lipinski definition) is 1. The van der Waals surface area contributed by atoms with E-state index in [4.69, 9.17) is 0 Å². The average molecular weight is 240 g/mol. The second kappa shape index (κ2) is 5.85. The number of nitrogens with zero attached hydrogens (tertiary/aromatic N) is 1. The minimum absolute atomic E-state index is 0.161. The fraction of sp³-hybridized carbons (Fsp3) is 0.929. The molecule has 1 N–H and O–H groups in total. The molecule has 0 aliphatic carbocycles. The zero-order chi connectivity index (χ0) is 13.1. The van der Waals surface area contributed by atoms with Crippen LogP contribution in [-0.4, -0.2) is 36.5 Å². The lowest BCUT2D eigenvalue weighted by Gasteiger charge is -2.38. The van der Waals surface area contributed by atoms with Crippen LogP contribution in [-0.2, 0) is 4.79 Å². The van der Waals surface area contributed by atoms with Crippen LogP contribution in [0.25, 0.3) is 0 Å². The molecule has 3 nitrogen and oxygen atoms in total. The SMILES string of the molecule is CC(C)NC(=O)CN1CCC(C(C)(C)C)CC1. The standard InChI is InChI=1S/C14H28N2O/c1-11(2)15-13(17)10-16-8-6-12(7-9-16)14(3,4)5/h11-12H,6-10H2,1-5H3,(H,15,17). The molecular formula is C14H28N2O. The molecular weight excluding hydrogens is 212 g/mol. The maximum atomic E-state index is 11.6. The van der Waals surface area contributed by atoms with Crippen molar-refractivity contribution in [3.8, 4) is 0 Å². The molecule has 0 aromatic rings. The van der Waals surface area contributed by atoms with Crippen LogP contribution in [0.5, 0.6) is 0 Å². The molecule has 1 aliphatic heterocycles. The Bertz CT molecular complexity index is 247. The third-order valence-electron chi connectivity index (χ3n) is 3.63. The fourth-order valence-corrected chi connectivity index (χ4v) is 2.53. The maximum absolute atomic E-state index is 11.6. The summed E-state index contributed by atoms with van der Waals surface area (Å²) >= 11 is 0. The van der Waals surface area contributed by atoms with E-state index in [0.717, 1.165) is 19.0 Å². The van der Waals surface area contributed by atoms with E-state index in [1.807, 2.05) is 13.8 Å². The van der Waals surface area contributed by atoms with E-state index in [2.05, 4.69) is 31.0 Å². The fourth-order valence-electron chi connectivity index (χ4n) is 2.53. The van der Waals surface area contributed by atoms with E-state index in [9.17, 15) is 4.79 Å². The molecule has 0 saturated carbocycles. The Morgan fingerprint density at radius 1 is 1.29 bits per heavy atom. The molecule has 17 heavy (non-hydrogen) atoms. The molecule has 0 spiro atoms. The average Bonchev–Trinajstić information content (AvgIpc) is 2.15. The largest absolute Gasteiger partial charge is 0.353 e. The zero-order valence-corrected chi connectivity index (χ0v) is 12.0. The molecule has 1 saturated heterocycles. The third kappa shape index (κ3) is 5.07. The third-order valence-corrected chi connectivity index (χ3v) is 3.63. The van der Waals surface area contributed by atoms with Gasteiger partial charge in [-0.15, -0.1) is 0 Å². The summed E-state index contributed by atoms with van der Waals surface area (Å²) < 4.78 is 0. The maximum Gasteiger partial charge on any atom is 0.234 e. The minimum atomic E-state index is 0.161. The Hall–Kier alpha value is -0.570. The molecule has 3 heteroatoms. The molecule has 0 bridgehead atoms. The number of carbonyl (C=O) groups excluding carboxylic acids is 1. The van der Waals surface area contributed by atoms with Gasteiger partial charge in [-0.25, -0.2) is 0 Å². The highest BCUT2D eigenvalue weighted by Crippen LogP contribution is 2.33. The lowest BCUT2D eigenvalue weighted by molar-refractivity contribution is -0.123. The van der Waals surface area contributed by atoms with Crippen molar-refractivity contribution in [2.45, 2.75) is 53.5 Å². The second-order valence-corrected chi connectivity index (χ2v) is 6.64. The van der Waals surface area contributed by atoms with Crippen LogP contribution in [0.4, 0.5) is 0 Å². The minimum Gasteiger partial charge on any atom is -0.353 e. The number of amides is 1. The Labute approximate surface area is 106 Å². The van der Waals surface area contributed by atoms with Crippen molar-refractivity contribution in [3.63, 3.8) is 0 Å². The summed E-state index contributed by atoms with van der Waals surface area (Å²) in [6.45, 7) is 13.7. The van der Waals surface area contributed by atoms with Gasteiger partial charge in [0.2, 0.25) is 5.91 Å². The highest BCUT2D eigenvalue weighted by Gasteiger charge is 2.29. The number of hydrogen-bond acceptors (Lipinski definition) is 2. The van der Waals surface area contributed by atoms with Crippen molar-refractivity contribution in [1.29, 1.82) is 0 Å². The highest BCUT2D eigenvalue weighted by molar-refractivity contribution is 5.78. The van der Waals surface area contributed by atoms with Crippen LogP contribution >= 0.6 is 0 Å². The van der Waals surface area contributed by atoms with Gasteiger partial charge in [-0.05, 0) is 51.1 Å². The van der Waals surface area contributed by atoms with Crippen LogP contribution in [0, 0.1) is 11.3 Å². The van der Waals surface area contributed by atoms with Crippen molar-refractivity contribution < 1.29 is 4.79 Å². The van der Waals surface area contributed by atoms with E-state index in [1.165, 1.54) is 12.8 Å². The predicted molar refractivity (Wildman–Crippen MR) is 71.9 cm³/mol. The molecule has 1 rings (SSSR count). The Kier molecular flexibility index (Phi) is 4.99. The first-order valence-corrected chi connectivity index (χ1v) is 6.80. The van der Waals surface area contributed by atoms with Crippen molar-refractivity contribution in [1.82, 2.24) is 10.2 Å². The number of nitrogens with one attached hydrogen (secondary N) is 1. The van der Waals surface area contributed by atoms with E-state index >= 15 is 0 Å². The van der Waals surface area contributed by atoms with Gasteiger partial charge in [0.05, 0.1) is 6.54 Å².